The van der Waals surface area contributed by atoms with Crippen molar-refractivity contribution in [3.63, 3.8) is 0 Å². The molecule has 1 heteroatoms. The van der Waals surface area contributed by atoms with Crippen molar-refractivity contribution in [2.45, 2.75) is 33.2 Å². The van der Waals surface area contributed by atoms with E-state index in [-0.39, 0.29) is 0 Å². The fourth-order valence-corrected chi connectivity index (χ4v) is 1.62. The Morgan fingerprint density at radius 1 is 1.45 bits per heavy atom. The van der Waals surface area contributed by atoms with E-state index in [1.54, 1.807) is 0 Å². The van der Waals surface area contributed by atoms with Crippen LogP contribution in [0.4, 0.5) is 0 Å². The minimum atomic E-state index is 0.519. The largest absolute Gasteiger partial charge is 0.289 e. The van der Waals surface area contributed by atoms with E-state index in [1.807, 2.05) is 6.21 Å². The average Bonchev–Trinajstić information content (AvgIpc) is 2.13. The van der Waals surface area contributed by atoms with Crippen molar-refractivity contribution in [3.05, 3.63) is 12.2 Å². The predicted octanol–water partition coefficient (Wildman–Crippen LogP) is 2.68. The molecule has 0 aromatic carbocycles. The number of allylic oxidation sites excluding steroid dienone is 2. The van der Waals surface area contributed by atoms with Crippen LogP contribution < -0.4 is 0 Å². The summed E-state index contributed by atoms with van der Waals surface area (Å²) in [5.74, 6) is 1.37. The van der Waals surface area contributed by atoms with E-state index in [2.05, 4.69) is 37.9 Å². The second-order valence-corrected chi connectivity index (χ2v) is 3.67. The summed E-state index contributed by atoms with van der Waals surface area (Å²) in [5.41, 5.74) is 0. The summed E-state index contributed by atoms with van der Waals surface area (Å²) < 4.78 is 0. The van der Waals surface area contributed by atoms with Gasteiger partial charge in [-0.15, -0.1) is 0 Å². The molecule has 2 atom stereocenters. The first-order valence-corrected chi connectivity index (χ1v) is 4.40. The maximum Gasteiger partial charge on any atom is 0.0550 e. The summed E-state index contributed by atoms with van der Waals surface area (Å²) in [7, 11) is 0. The molecule has 62 valence electrons. The quantitative estimate of drug-likeness (QED) is 0.546. The summed E-state index contributed by atoms with van der Waals surface area (Å²) in [6.07, 6.45) is 7.37. The van der Waals surface area contributed by atoms with Gasteiger partial charge in [0.1, 0.15) is 0 Å². The second-order valence-electron chi connectivity index (χ2n) is 3.67. The zero-order valence-electron chi connectivity index (χ0n) is 7.62. The first-order valence-electron chi connectivity index (χ1n) is 4.40. The number of hydrogen-bond acceptors (Lipinski definition) is 1. The summed E-state index contributed by atoms with van der Waals surface area (Å²) >= 11 is 0. The van der Waals surface area contributed by atoms with Gasteiger partial charge in [-0.2, -0.15) is 0 Å². The molecule has 0 bridgehead atoms. The molecule has 11 heavy (non-hydrogen) atoms. The van der Waals surface area contributed by atoms with Crippen molar-refractivity contribution >= 4 is 6.21 Å². The Kier molecular flexibility index (Phi) is 2.86. The third kappa shape index (κ3) is 2.18. The lowest BCUT2D eigenvalue weighted by atomic mass is 9.90. The van der Waals surface area contributed by atoms with Gasteiger partial charge in [-0.05, 0) is 24.3 Å². The highest BCUT2D eigenvalue weighted by atomic mass is 14.8. The lowest BCUT2D eigenvalue weighted by Gasteiger charge is -2.21. The average molecular weight is 151 g/mol. The first kappa shape index (κ1) is 8.51. The van der Waals surface area contributed by atoms with Gasteiger partial charge in [0.05, 0.1) is 6.04 Å². The Bertz CT molecular complexity index is 168. The van der Waals surface area contributed by atoms with Crippen molar-refractivity contribution in [1.29, 1.82) is 0 Å². The molecule has 1 aliphatic heterocycles. The number of nitrogens with zero attached hydrogens (tertiary/aromatic N) is 1. The summed E-state index contributed by atoms with van der Waals surface area (Å²) in [5, 5.41) is 0. The van der Waals surface area contributed by atoms with E-state index in [9.17, 15) is 0 Å². The minimum Gasteiger partial charge on any atom is -0.289 e. The Morgan fingerprint density at radius 2 is 2.18 bits per heavy atom. The van der Waals surface area contributed by atoms with Crippen molar-refractivity contribution in [2.24, 2.45) is 16.8 Å². The van der Waals surface area contributed by atoms with E-state index in [4.69, 9.17) is 0 Å². The van der Waals surface area contributed by atoms with Crippen molar-refractivity contribution < 1.29 is 0 Å². The molecule has 0 saturated heterocycles. The Labute approximate surface area is 69.2 Å². The third-order valence-corrected chi connectivity index (χ3v) is 2.25. The van der Waals surface area contributed by atoms with Crippen LogP contribution in [0.5, 0.6) is 0 Å². The van der Waals surface area contributed by atoms with E-state index < -0.39 is 0 Å². The highest BCUT2D eigenvalue weighted by molar-refractivity contribution is 5.71. The fourth-order valence-electron chi connectivity index (χ4n) is 1.62. The van der Waals surface area contributed by atoms with Crippen molar-refractivity contribution in [3.8, 4) is 0 Å². The smallest absolute Gasteiger partial charge is 0.0550 e. The van der Waals surface area contributed by atoms with Gasteiger partial charge in [0.15, 0.2) is 0 Å². The molecular weight excluding hydrogens is 134 g/mol. The van der Waals surface area contributed by atoms with Gasteiger partial charge in [0.2, 0.25) is 0 Å². The van der Waals surface area contributed by atoms with E-state index in [1.165, 1.54) is 6.42 Å². The molecule has 0 saturated carbocycles. The fraction of sp³-hybridized carbons (Fsp3) is 0.700. The monoisotopic (exact) mass is 151 g/mol. The number of aliphatic imine (C=N–C) groups is 1. The van der Waals surface area contributed by atoms with Crippen LogP contribution in [0.2, 0.25) is 0 Å². The van der Waals surface area contributed by atoms with Gasteiger partial charge >= 0.3 is 0 Å². The first-order chi connectivity index (χ1) is 5.22. The van der Waals surface area contributed by atoms with Gasteiger partial charge in [-0.25, -0.2) is 0 Å². The zero-order valence-corrected chi connectivity index (χ0v) is 7.62. The van der Waals surface area contributed by atoms with E-state index >= 15 is 0 Å². The van der Waals surface area contributed by atoms with Crippen LogP contribution in [0.25, 0.3) is 0 Å². The van der Waals surface area contributed by atoms with Gasteiger partial charge in [0.25, 0.3) is 0 Å². The maximum atomic E-state index is 4.49. The molecule has 1 nitrogen and oxygen atoms in total. The van der Waals surface area contributed by atoms with Crippen molar-refractivity contribution in [2.75, 3.05) is 0 Å². The van der Waals surface area contributed by atoms with Gasteiger partial charge in [-0.3, -0.25) is 4.99 Å². The third-order valence-electron chi connectivity index (χ3n) is 2.25. The lowest BCUT2D eigenvalue weighted by Crippen LogP contribution is -2.21. The van der Waals surface area contributed by atoms with E-state index in [0.29, 0.717) is 17.9 Å². The summed E-state index contributed by atoms with van der Waals surface area (Å²) in [6, 6.07) is 0.519. The number of hydrogen-bond donors (Lipinski definition) is 0. The molecular formula is C10H17N. The molecule has 1 heterocycles. The summed E-state index contributed by atoms with van der Waals surface area (Å²) in [4.78, 5) is 4.49. The summed E-state index contributed by atoms with van der Waals surface area (Å²) in [6.45, 7) is 6.76. The van der Waals surface area contributed by atoms with Gasteiger partial charge in [-0.1, -0.05) is 26.8 Å². The van der Waals surface area contributed by atoms with Gasteiger partial charge in [0, 0.05) is 6.21 Å². The maximum absolute atomic E-state index is 4.49. The molecule has 0 fully saturated rings. The van der Waals surface area contributed by atoms with E-state index in [0.717, 1.165) is 0 Å². The molecule has 1 rings (SSSR count). The highest BCUT2D eigenvalue weighted by Gasteiger charge is 2.18. The Balaban J connectivity index is 2.64. The molecule has 0 aromatic rings. The minimum absolute atomic E-state index is 0.519. The van der Waals surface area contributed by atoms with Crippen LogP contribution in [0.1, 0.15) is 27.2 Å². The van der Waals surface area contributed by atoms with Crippen LogP contribution >= 0.6 is 0 Å². The zero-order chi connectivity index (χ0) is 8.27. The molecule has 0 aromatic heterocycles. The lowest BCUT2D eigenvalue weighted by molar-refractivity contribution is 0.371. The number of rotatable bonds is 1. The van der Waals surface area contributed by atoms with Crippen LogP contribution in [-0.4, -0.2) is 12.3 Å². The van der Waals surface area contributed by atoms with Gasteiger partial charge < -0.3 is 0 Å². The SMILES string of the molecule is CC(C)[C@H]1N=CC=CCC1C. The molecule has 1 unspecified atom stereocenters. The standard InChI is InChI=1S/C10H17N/c1-8(2)10-9(3)6-4-5-7-11-10/h4-5,7-10H,6H2,1-3H3/t9?,10-/m1/s1. The predicted molar refractivity (Wildman–Crippen MR) is 50.0 cm³/mol. The molecule has 0 aliphatic carbocycles. The van der Waals surface area contributed by atoms with Crippen LogP contribution in [-0.2, 0) is 0 Å². The van der Waals surface area contributed by atoms with Crippen LogP contribution in [0.15, 0.2) is 17.1 Å². The second kappa shape index (κ2) is 3.70. The van der Waals surface area contributed by atoms with Crippen LogP contribution in [0.3, 0.4) is 0 Å². The van der Waals surface area contributed by atoms with Crippen LogP contribution in [0, 0.1) is 11.8 Å². The highest BCUT2D eigenvalue weighted by Crippen LogP contribution is 2.21. The molecule has 0 radical (unpaired) electrons. The molecule has 0 amide bonds. The Morgan fingerprint density at radius 3 is 2.82 bits per heavy atom. The molecule has 0 N–H and O–H groups in total. The molecule has 1 aliphatic rings. The Hall–Kier alpha value is -0.590. The molecule has 0 spiro atoms. The normalized spacial score (nSPS) is 30.9. The van der Waals surface area contributed by atoms with Crippen molar-refractivity contribution in [1.82, 2.24) is 0 Å². The topological polar surface area (TPSA) is 12.4 Å².